The molecule has 5 heteroatoms. The van der Waals surface area contributed by atoms with Crippen molar-refractivity contribution in [1.29, 1.82) is 0 Å². The Hall–Kier alpha value is -1.49. The molecule has 1 unspecified atom stereocenters. The quantitative estimate of drug-likeness (QED) is 0.863. The van der Waals surface area contributed by atoms with Gasteiger partial charge in [0.25, 0.3) is 0 Å². The maximum Gasteiger partial charge on any atom is 0.340 e. The Bertz CT molecular complexity index is 406. The number of benzene rings is 1. The van der Waals surface area contributed by atoms with Crippen LogP contribution in [0.15, 0.2) is 18.2 Å². The highest BCUT2D eigenvalue weighted by Crippen LogP contribution is 2.27. The van der Waals surface area contributed by atoms with Crippen molar-refractivity contribution >= 4 is 5.97 Å². The van der Waals surface area contributed by atoms with Gasteiger partial charge in [0.15, 0.2) is 17.2 Å². The number of hydrogen-bond donors (Lipinski definition) is 1. The summed E-state index contributed by atoms with van der Waals surface area (Å²) in [6.07, 6.45) is 0. The van der Waals surface area contributed by atoms with E-state index in [0.29, 0.717) is 0 Å². The van der Waals surface area contributed by atoms with Crippen LogP contribution in [0.25, 0.3) is 0 Å². The lowest BCUT2D eigenvalue weighted by atomic mass is 9.95. The molecular weight excluding hydrogens is 218 g/mol. The first kappa shape index (κ1) is 12.6. The molecule has 0 radical (unpaired) electrons. The molecule has 0 aliphatic rings. The molecule has 16 heavy (non-hydrogen) atoms. The summed E-state index contributed by atoms with van der Waals surface area (Å²) < 4.78 is 30.8. The van der Waals surface area contributed by atoms with Crippen LogP contribution in [0.2, 0.25) is 0 Å². The van der Waals surface area contributed by atoms with Crippen molar-refractivity contribution in [2.24, 2.45) is 0 Å². The third-order valence-electron chi connectivity index (χ3n) is 2.31. The molecule has 0 saturated carbocycles. The van der Waals surface area contributed by atoms with E-state index >= 15 is 0 Å². The first-order valence-electron chi connectivity index (χ1n) is 4.74. The van der Waals surface area contributed by atoms with E-state index in [1.807, 2.05) is 0 Å². The van der Waals surface area contributed by atoms with Gasteiger partial charge in [-0.2, -0.15) is 0 Å². The first-order chi connectivity index (χ1) is 7.41. The highest BCUT2D eigenvalue weighted by molar-refractivity contribution is 5.78. The van der Waals surface area contributed by atoms with Crippen LogP contribution in [-0.2, 0) is 15.1 Å². The van der Waals surface area contributed by atoms with E-state index in [1.54, 1.807) is 6.92 Å². The summed E-state index contributed by atoms with van der Waals surface area (Å²) >= 11 is 0. The monoisotopic (exact) mass is 230 g/mol. The lowest BCUT2D eigenvalue weighted by Crippen LogP contribution is -2.35. The van der Waals surface area contributed by atoms with Gasteiger partial charge < -0.3 is 9.84 Å². The Morgan fingerprint density at radius 3 is 2.50 bits per heavy atom. The number of aliphatic carboxylic acids is 1. The lowest BCUT2D eigenvalue weighted by molar-refractivity contribution is -0.164. The number of rotatable bonds is 4. The normalized spacial score (nSPS) is 14.5. The Balaban J connectivity index is 3.21. The van der Waals surface area contributed by atoms with E-state index in [0.717, 1.165) is 12.1 Å². The molecule has 0 fully saturated rings. The maximum absolute atomic E-state index is 13.0. The summed E-state index contributed by atoms with van der Waals surface area (Å²) in [4.78, 5) is 11.1. The van der Waals surface area contributed by atoms with Crippen LogP contribution in [0.5, 0.6) is 0 Å². The maximum atomic E-state index is 13.0. The highest BCUT2D eigenvalue weighted by Gasteiger charge is 2.36. The molecule has 1 rings (SSSR count). The van der Waals surface area contributed by atoms with Crippen LogP contribution in [-0.4, -0.2) is 17.7 Å². The Labute approximate surface area is 91.7 Å². The third kappa shape index (κ3) is 2.19. The zero-order valence-electron chi connectivity index (χ0n) is 8.96. The number of carboxylic acid groups (broad SMARTS) is 1. The van der Waals surface area contributed by atoms with Gasteiger partial charge in [-0.05, 0) is 31.5 Å². The summed E-state index contributed by atoms with van der Waals surface area (Å²) in [7, 11) is 0. The molecule has 1 aromatic rings. The number of hydrogen-bond acceptors (Lipinski definition) is 2. The number of halogens is 2. The van der Waals surface area contributed by atoms with Crippen molar-refractivity contribution in [1.82, 2.24) is 0 Å². The molecule has 0 bridgehead atoms. The second-order valence-corrected chi connectivity index (χ2v) is 3.40. The first-order valence-corrected chi connectivity index (χ1v) is 4.74. The second-order valence-electron chi connectivity index (χ2n) is 3.40. The number of carbonyl (C=O) groups is 1. The molecule has 0 heterocycles. The minimum Gasteiger partial charge on any atom is -0.479 e. The van der Waals surface area contributed by atoms with E-state index < -0.39 is 23.2 Å². The van der Waals surface area contributed by atoms with Crippen LogP contribution in [0.4, 0.5) is 8.78 Å². The van der Waals surface area contributed by atoms with E-state index in [2.05, 4.69) is 0 Å². The van der Waals surface area contributed by atoms with Gasteiger partial charge in [0, 0.05) is 6.61 Å². The zero-order valence-corrected chi connectivity index (χ0v) is 8.96. The fourth-order valence-electron chi connectivity index (χ4n) is 1.35. The summed E-state index contributed by atoms with van der Waals surface area (Å²) in [5.41, 5.74) is -1.59. The van der Waals surface area contributed by atoms with Gasteiger partial charge >= 0.3 is 5.97 Å². The van der Waals surface area contributed by atoms with E-state index in [4.69, 9.17) is 9.84 Å². The SMILES string of the molecule is CCOC(C)(C(=O)O)c1ccc(F)c(F)c1. The minimum absolute atomic E-state index is 0.0701. The minimum atomic E-state index is -1.66. The van der Waals surface area contributed by atoms with Crippen LogP contribution in [0.3, 0.4) is 0 Å². The van der Waals surface area contributed by atoms with Crippen LogP contribution in [0, 0.1) is 11.6 Å². The fraction of sp³-hybridized carbons (Fsp3) is 0.364. The number of carboxylic acids is 1. The predicted octanol–water partition coefficient (Wildman–Crippen LogP) is 2.30. The van der Waals surface area contributed by atoms with Crippen LogP contribution in [0.1, 0.15) is 19.4 Å². The Kier molecular flexibility index (Phi) is 3.59. The largest absolute Gasteiger partial charge is 0.479 e. The predicted molar refractivity (Wildman–Crippen MR) is 53.0 cm³/mol. The number of ether oxygens (including phenoxy) is 1. The average molecular weight is 230 g/mol. The summed E-state index contributed by atoms with van der Waals surface area (Å²) in [5.74, 6) is -3.36. The molecule has 0 aliphatic carbocycles. The lowest BCUT2D eigenvalue weighted by Gasteiger charge is -2.25. The van der Waals surface area contributed by atoms with Crippen molar-refractivity contribution in [2.75, 3.05) is 6.61 Å². The van der Waals surface area contributed by atoms with Crippen molar-refractivity contribution < 1.29 is 23.4 Å². The van der Waals surface area contributed by atoms with Crippen molar-refractivity contribution in [3.8, 4) is 0 Å². The Morgan fingerprint density at radius 2 is 2.06 bits per heavy atom. The van der Waals surface area contributed by atoms with Crippen LogP contribution < -0.4 is 0 Å². The molecule has 1 aromatic carbocycles. The topological polar surface area (TPSA) is 46.5 Å². The average Bonchev–Trinajstić information content (AvgIpc) is 2.22. The molecule has 1 N–H and O–H groups in total. The fourth-order valence-corrected chi connectivity index (χ4v) is 1.35. The summed E-state index contributed by atoms with van der Waals surface area (Å²) in [6, 6.07) is 2.91. The summed E-state index contributed by atoms with van der Waals surface area (Å²) in [6.45, 7) is 3.08. The molecule has 3 nitrogen and oxygen atoms in total. The molecule has 0 amide bonds. The molecule has 0 aliphatic heterocycles. The van der Waals surface area contributed by atoms with E-state index in [9.17, 15) is 13.6 Å². The van der Waals surface area contributed by atoms with Crippen molar-refractivity contribution in [3.63, 3.8) is 0 Å². The van der Waals surface area contributed by atoms with Gasteiger partial charge in [-0.3, -0.25) is 0 Å². The van der Waals surface area contributed by atoms with Gasteiger partial charge in [-0.1, -0.05) is 6.07 Å². The van der Waals surface area contributed by atoms with Crippen molar-refractivity contribution in [2.45, 2.75) is 19.4 Å². The molecule has 1 atom stereocenters. The van der Waals surface area contributed by atoms with Crippen LogP contribution >= 0.6 is 0 Å². The summed E-state index contributed by atoms with van der Waals surface area (Å²) in [5, 5.41) is 9.04. The molecule has 88 valence electrons. The third-order valence-corrected chi connectivity index (χ3v) is 2.31. The van der Waals surface area contributed by atoms with Gasteiger partial charge in [-0.25, -0.2) is 13.6 Å². The van der Waals surface area contributed by atoms with Crippen molar-refractivity contribution in [3.05, 3.63) is 35.4 Å². The zero-order chi connectivity index (χ0) is 12.3. The molecule has 0 aromatic heterocycles. The standard InChI is InChI=1S/C11H12F2O3/c1-3-16-11(2,10(14)15)7-4-5-8(12)9(13)6-7/h4-6H,3H2,1-2H3,(H,14,15). The molecule has 0 saturated heterocycles. The van der Waals surface area contributed by atoms with Gasteiger partial charge in [0.2, 0.25) is 0 Å². The van der Waals surface area contributed by atoms with Gasteiger partial charge in [0.1, 0.15) is 0 Å². The van der Waals surface area contributed by atoms with Gasteiger partial charge in [0.05, 0.1) is 0 Å². The smallest absolute Gasteiger partial charge is 0.340 e. The molecule has 0 spiro atoms. The van der Waals surface area contributed by atoms with Gasteiger partial charge in [-0.15, -0.1) is 0 Å². The van der Waals surface area contributed by atoms with E-state index in [1.165, 1.54) is 13.0 Å². The Morgan fingerprint density at radius 1 is 1.44 bits per heavy atom. The second kappa shape index (κ2) is 4.57. The molecular formula is C11H12F2O3. The highest BCUT2D eigenvalue weighted by atomic mass is 19.2. The van der Waals surface area contributed by atoms with E-state index in [-0.39, 0.29) is 12.2 Å².